The number of hydrogen-bond donors (Lipinski definition) is 5. The Bertz CT molecular complexity index is 1170. The number of anilines is 2. The van der Waals surface area contributed by atoms with Crippen molar-refractivity contribution in [1.82, 2.24) is 4.90 Å². The van der Waals surface area contributed by atoms with Crippen LogP contribution in [0.15, 0.2) is 24.3 Å². The van der Waals surface area contributed by atoms with E-state index in [9.17, 15) is 19.8 Å². The number of phenols is 2. The van der Waals surface area contributed by atoms with Crippen LogP contribution in [-0.4, -0.2) is 78.2 Å². The van der Waals surface area contributed by atoms with E-state index in [1.807, 2.05) is 46.7 Å². The number of aromatic hydroxyl groups is 2. The summed E-state index contributed by atoms with van der Waals surface area (Å²) in [7, 11) is 3.86. The summed E-state index contributed by atoms with van der Waals surface area (Å²) < 4.78 is 6.01. The first-order valence-corrected chi connectivity index (χ1v) is 12.6. The average molecular weight is 513 g/mol. The lowest BCUT2D eigenvalue weighted by Gasteiger charge is -2.32. The zero-order chi connectivity index (χ0) is 27.5. The Morgan fingerprint density at radius 1 is 0.865 bits per heavy atom. The molecule has 0 aliphatic heterocycles. The number of nitrogens with two attached hydrogens (primary N) is 1. The normalized spacial score (nSPS) is 13.5. The summed E-state index contributed by atoms with van der Waals surface area (Å²) >= 11 is 0. The van der Waals surface area contributed by atoms with E-state index in [0.29, 0.717) is 44.0 Å². The highest BCUT2D eigenvalue weighted by Crippen LogP contribution is 2.43. The van der Waals surface area contributed by atoms with E-state index in [4.69, 9.17) is 10.5 Å². The molecule has 37 heavy (non-hydrogen) atoms. The van der Waals surface area contributed by atoms with Crippen molar-refractivity contribution in [1.29, 1.82) is 0 Å². The third-order valence-corrected chi connectivity index (χ3v) is 6.59. The molecule has 0 heterocycles. The van der Waals surface area contributed by atoms with E-state index in [1.54, 1.807) is 12.1 Å². The fourth-order valence-electron chi connectivity index (χ4n) is 4.46. The molecule has 0 amide bonds. The molecule has 1 aliphatic rings. The van der Waals surface area contributed by atoms with Crippen LogP contribution in [0, 0.1) is 0 Å². The molecule has 0 atom stereocenters. The molecule has 202 valence electrons. The molecule has 0 bridgehead atoms. The van der Waals surface area contributed by atoms with Gasteiger partial charge in [0.1, 0.15) is 11.5 Å². The second-order valence-electron chi connectivity index (χ2n) is 11.1. The predicted octanol–water partition coefficient (Wildman–Crippen LogP) is 3.57. The summed E-state index contributed by atoms with van der Waals surface area (Å²) in [6.07, 6.45) is 1.35. The van der Waals surface area contributed by atoms with Gasteiger partial charge in [0.2, 0.25) is 11.6 Å². The minimum absolute atomic E-state index is 0.0516. The molecule has 2 aromatic carbocycles. The first-order valence-electron chi connectivity index (χ1n) is 12.6. The predicted molar refractivity (Wildman–Crippen MR) is 146 cm³/mol. The van der Waals surface area contributed by atoms with Gasteiger partial charge in [-0.2, -0.15) is 0 Å². The van der Waals surface area contributed by atoms with Crippen LogP contribution >= 0.6 is 0 Å². The SMILES string of the molecule is CN(C)CCNc1ccc(O)c2c1C(=O)c1c(O)ccc(NC(C)(C)CCOC(C)(C)CCN)c1C2=O. The molecule has 0 spiro atoms. The van der Waals surface area contributed by atoms with Gasteiger partial charge in [-0.25, -0.2) is 0 Å². The second-order valence-corrected chi connectivity index (χ2v) is 11.1. The fraction of sp³-hybridized carbons (Fsp3) is 0.500. The zero-order valence-electron chi connectivity index (χ0n) is 22.7. The van der Waals surface area contributed by atoms with Crippen LogP contribution in [0.25, 0.3) is 0 Å². The Kier molecular flexibility index (Phi) is 8.52. The van der Waals surface area contributed by atoms with Gasteiger partial charge >= 0.3 is 0 Å². The van der Waals surface area contributed by atoms with Crippen LogP contribution in [0.4, 0.5) is 11.4 Å². The average Bonchev–Trinajstić information content (AvgIpc) is 2.78. The molecule has 6 N–H and O–H groups in total. The Balaban J connectivity index is 1.94. The molecule has 2 aromatic rings. The molecule has 0 saturated heterocycles. The van der Waals surface area contributed by atoms with E-state index < -0.39 is 17.1 Å². The summed E-state index contributed by atoms with van der Waals surface area (Å²) in [4.78, 5) is 29.4. The molecule has 0 radical (unpaired) electrons. The number of fused-ring (bicyclic) bond motifs is 2. The highest BCUT2D eigenvalue weighted by Gasteiger charge is 2.38. The number of benzene rings is 2. The quantitative estimate of drug-likeness (QED) is 0.231. The molecule has 0 saturated carbocycles. The van der Waals surface area contributed by atoms with Gasteiger partial charge in [-0.05, 0) is 85.4 Å². The van der Waals surface area contributed by atoms with Crippen LogP contribution < -0.4 is 16.4 Å². The van der Waals surface area contributed by atoms with Crippen LogP contribution in [0.2, 0.25) is 0 Å². The van der Waals surface area contributed by atoms with Crippen molar-refractivity contribution in [3.05, 3.63) is 46.5 Å². The third kappa shape index (κ3) is 6.41. The maximum absolute atomic E-state index is 13.7. The monoisotopic (exact) mass is 512 g/mol. The zero-order valence-corrected chi connectivity index (χ0v) is 22.7. The van der Waals surface area contributed by atoms with Gasteiger partial charge in [0.05, 0.1) is 27.9 Å². The fourth-order valence-corrected chi connectivity index (χ4v) is 4.46. The third-order valence-electron chi connectivity index (χ3n) is 6.59. The number of likely N-dealkylation sites (N-methyl/N-ethyl adjacent to an activating group) is 1. The lowest BCUT2D eigenvalue weighted by atomic mass is 9.81. The number of nitrogens with zero attached hydrogens (tertiary/aromatic N) is 1. The van der Waals surface area contributed by atoms with Gasteiger partial charge in [0.25, 0.3) is 0 Å². The van der Waals surface area contributed by atoms with E-state index >= 15 is 0 Å². The molecule has 9 nitrogen and oxygen atoms in total. The maximum Gasteiger partial charge on any atom is 0.200 e. The van der Waals surface area contributed by atoms with Crippen molar-refractivity contribution < 1.29 is 24.5 Å². The number of ether oxygens (including phenoxy) is 1. The van der Waals surface area contributed by atoms with Gasteiger partial charge in [-0.1, -0.05) is 0 Å². The van der Waals surface area contributed by atoms with E-state index in [1.165, 1.54) is 12.1 Å². The van der Waals surface area contributed by atoms with Crippen molar-refractivity contribution in [2.24, 2.45) is 5.73 Å². The smallest absolute Gasteiger partial charge is 0.200 e. The lowest BCUT2D eigenvalue weighted by molar-refractivity contribution is -0.0265. The van der Waals surface area contributed by atoms with Crippen molar-refractivity contribution in [3.8, 4) is 11.5 Å². The van der Waals surface area contributed by atoms with Gasteiger partial charge in [-0.3, -0.25) is 9.59 Å². The highest BCUT2D eigenvalue weighted by molar-refractivity contribution is 6.33. The molecular weight excluding hydrogens is 472 g/mol. The number of phenolic OH excluding ortho intramolecular Hbond substituents is 2. The molecule has 9 heteroatoms. The van der Waals surface area contributed by atoms with Gasteiger partial charge < -0.3 is 36.2 Å². The number of carbonyl (C=O) groups excluding carboxylic acids is 2. The standard InChI is InChI=1S/C28H40N4O5/c1-27(2,12-16-37-28(3,4)11-13-29)31-18-8-10-20(34)24-22(18)26(36)23-19(33)9-7-17(21(23)25(24)35)30-14-15-32(5)6/h7-10,30-31,33-34H,11-16,29H2,1-6H3. The molecular formula is C28H40N4O5. The first-order chi connectivity index (χ1) is 17.3. The maximum atomic E-state index is 13.7. The number of ketones is 2. The number of nitrogens with one attached hydrogen (secondary N) is 2. The summed E-state index contributed by atoms with van der Waals surface area (Å²) in [5.41, 5.74) is 5.65. The van der Waals surface area contributed by atoms with Crippen LogP contribution in [0.3, 0.4) is 0 Å². The Morgan fingerprint density at radius 2 is 1.41 bits per heavy atom. The highest BCUT2D eigenvalue weighted by atomic mass is 16.5. The Morgan fingerprint density at radius 3 is 1.95 bits per heavy atom. The van der Waals surface area contributed by atoms with Crippen molar-refractivity contribution in [2.45, 2.75) is 51.7 Å². The second kappa shape index (κ2) is 11.1. The van der Waals surface area contributed by atoms with E-state index in [2.05, 4.69) is 10.6 Å². The summed E-state index contributed by atoms with van der Waals surface area (Å²) in [5.74, 6) is -1.59. The molecule has 3 rings (SSSR count). The Labute approximate surface area is 219 Å². The van der Waals surface area contributed by atoms with Gasteiger partial charge in [0, 0.05) is 36.6 Å². The van der Waals surface area contributed by atoms with Gasteiger partial charge in [-0.15, -0.1) is 0 Å². The first kappa shape index (κ1) is 28.4. The number of hydrogen-bond acceptors (Lipinski definition) is 9. The van der Waals surface area contributed by atoms with Crippen LogP contribution in [-0.2, 0) is 4.74 Å². The molecule has 0 unspecified atom stereocenters. The molecule has 0 aromatic heterocycles. The summed E-state index contributed by atoms with van der Waals surface area (Å²) in [6.45, 7) is 10.2. The van der Waals surface area contributed by atoms with Crippen LogP contribution in [0.5, 0.6) is 11.5 Å². The van der Waals surface area contributed by atoms with Crippen molar-refractivity contribution >= 4 is 22.9 Å². The van der Waals surface area contributed by atoms with E-state index in [-0.39, 0.29) is 39.4 Å². The van der Waals surface area contributed by atoms with Crippen molar-refractivity contribution in [2.75, 3.05) is 51.0 Å². The Hall–Kier alpha value is -3.14. The van der Waals surface area contributed by atoms with E-state index in [0.717, 1.165) is 6.42 Å². The molecule has 0 fully saturated rings. The number of rotatable bonds is 12. The number of carbonyl (C=O) groups is 2. The minimum atomic E-state index is -0.520. The summed E-state index contributed by atoms with van der Waals surface area (Å²) in [6, 6.07) is 5.99. The summed E-state index contributed by atoms with van der Waals surface area (Å²) in [5, 5.41) is 27.8. The minimum Gasteiger partial charge on any atom is -0.507 e. The largest absolute Gasteiger partial charge is 0.507 e. The van der Waals surface area contributed by atoms with Crippen molar-refractivity contribution in [3.63, 3.8) is 0 Å². The topological polar surface area (TPSA) is 137 Å². The van der Waals surface area contributed by atoms with Gasteiger partial charge in [0.15, 0.2) is 0 Å². The lowest BCUT2D eigenvalue weighted by Crippen LogP contribution is -2.36. The van der Waals surface area contributed by atoms with Crippen LogP contribution in [0.1, 0.15) is 72.4 Å². The molecule has 1 aliphatic carbocycles.